The van der Waals surface area contributed by atoms with Gasteiger partial charge in [-0.3, -0.25) is 4.79 Å². The Morgan fingerprint density at radius 3 is 2.40 bits per heavy atom. The number of rotatable bonds is 6. The van der Waals surface area contributed by atoms with Crippen molar-refractivity contribution in [3.8, 4) is 0 Å². The molecule has 0 aliphatic heterocycles. The van der Waals surface area contributed by atoms with E-state index in [0.29, 0.717) is 0 Å². The molecule has 0 saturated heterocycles. The van der Waals surface area contributed by atoms with Gasteiger partial charge in [0.05, 0.1) is 10.5 Å². The van der Waals surface area contributed by atoms with Crippen molar-refractivity contribution in [3.63, 3.8) is 0 Å². The molecule has 8 heteroatoms. The maximum absolute atomic E-state index is 12.6. The van der Waals surface area contributed by atoms with Gasteiger partial charge in [-0.05, 0) is 57.7 Å². The van der Waals surface area contributed by atoms with E-state index in [0.717, 1.165) is 25.3 Å². The monoisotopic (exact) mass is 369 g/mol. The number of carboxylic acid groups (broad SMARTS) is 1. The molecule has 0 amide bonds. The summed E-state index contributed by atoms with van der Waals surface area (Å²) in [5.74, 6) is -1.96. The second-order valence-corrected chi connectivity index (χ2v) is 8.87. The lowest BCUT2D eigenvalue weighted by atomic mass is 9.80. The van der Waals surface area contributed by atoms with Gasteiger partial charge in [-0.25, -0.2) is 13.2 Å². The Morgan fingerprint density at radius 2 is 1.92 bits per heavy atom. The van der Waals surface area contributed by atoms with Crippen LogP contribution in [0.1, 0.15) is 50.4 Å². The number of sulfonamides is 1. The molecule has 2 rings (SSSR count). The first kappa shape index (κ1) is 19.4. The number of carbonyl (C=O) groups is 2. The van der Waals surface area contributed by atoms with Crippen LogP contribution in [-0.2, 0) is 19.6 Å². The number of hydrogen-bond donors (Lipinski definition) is 2. The first-order chi connectivity index (χ1) is 11.5. The molecule has 1 aromatic rings. The third-order valence-electron chi connectivity index (χ3n) is 3.96. The summed E-state index contributed by atoms with van der Waals surface area (Å²) in [6.45, 7) is 5.15. The molecule has 1 aliphatic carbocycles. The van der Waals surface area contributed by atoms with Gasteiger partial charge in [0.1, 0.15) is 11.6 Å². The number of carbonyl (C=O) groups excluding carboxylic acids is 1. The summed E-state index contributed by atoms with van der Waals surface area (Å²) in [5.41, 5.74) is -0.867. The minimum atomic E-state index is -4.05. The van der Waals surface area contributed by atoms with Gasteiger partial charge >= 0.3 is 11.9 Å². The molecule has 0 spiro atoms. The van der Waals surface area contributed by atoms with Crippen molar-refractivity contribution < 1.29 is 27.9 Å². The number of ether oxygens (including phenoxy) is 1. The van der Waals surface area contributed by atoms with Crippen molar-refractivity contribution in [2.24, 2.45) is 5.92 Å². The Labute approximate surface area is 147 Å². The Kier molecular flexibility index (Phi) is 5.53. The second kappa shape index (κ2) is 7.13. The van der Waals surface area contributed by atoms with Crippen molar-refractivity contribution in [1.29, 1.82) is 0 Å². The van der Waals surface area contributed by atoms with Crippen LogP contribution >= 0.6 is 0 Å². The van der Waals surface area contributed by atoms with Gasteiger partial charge in [0, 0.05) is 0 Å². The maximum atomic E-state index is 12.6. The van der Waals surface area contributed by atoms with E-state index < -0.39 is 33.6 Å². The molecule has 1 saturated carbocycles. The third kappa shape index (κ3) is 5.02. The standard InChI is InChI=1S/C17H23NO6S/c1-17(2,3)24-16(21)14(11-6-4-7-11)18-25(22,23)13-9-5-8-12(10-13)15(19)20/h5,8-11,14,18H,4,6-7H2,1-3H3,(H,19,20). The van der Waals surface area contributed by atoms with Gasteiger partial charge in [-0.1, -0.05) is 12.5 Å². The van der Waals surface area contributed by atoms with Crippen LogP contribution in [0.3, 0.4) is 0 Å². The molecule has 138 valence electrons. The van der Waals surface area contributed by atoms with Crippen LogP contribution in [-0.4, -0.2) is 37.1 Å². The molecule has 7 nitrogen and oxygen atoms in total. The first-order valence-corrected chi connectivity index (χ1v) is 9.56. The maximum Gasteiger partial charge on any atom is 0.335 e. The Hall–Kier alpha value is -1.93. The zero-order valence-corrected chi connectivity index (χ0v) is 15.3. The van der Waals surface area contributed by atoms with Crippen LogP contribution in [0.15, 0.2) is 29.2 Å². The normalized spacial score (nSPS) is 16.8. The van der Waals surface area contributed by atoms with Crippen molar-refractivity contribution in [2.45, 2.75) is 56.6 Å². The predicted octanol–water partition coefficient (Wildman–Crippen LogP) is 2.17. The van der Waals surface area contributed by atoms with E-state index in [1.165, 1.54) is 18.2 Å². The van der Waals surface area contributed by atoms with Crippen molar-refractivity contribution in [1.82, 2.24) is 4.72 Å². The number of aromatic carboxylic acids is 1. The average Bonchev–Trinajstić information content (AvgIpc) is 2.42. The molecule has 0 bridgehead atoms. The number of hydrogen-bond acceptors (Lipinski definition) is 5. The van der Waals surface area contributed by atoms with E-state index in [4.69, 9.17) is 9.84 Å². The van der Waals surface area contributed by atoms with Crippen LogP contribution in [0.2, 0.25) is 0 Å². The largest absolute Gasteiger partial charge is 0.478 e. The lowest BCUT2D eigenvalue weighted by Gasteiger charge is -2.34. The van der Waals surface area contributed by atoms with E-state index in [-0.39, 0.29) is 16.4 Å². The minimum Gasteiger partial charge on any atom is -0.478 e. The molecule has 1 fully saturated rings. The van der Waals surface area contributed by atoms with Crippen LogP contribution in [0, 0.1) is 5.92 Å². The van der Waals surface area contributed by atoms with Gasteiger partial charge in [0.2, 0.25) is 10.0 Å². The average molecular weight is 369 g/mol. The van der Waals surface area contributed by atoms with Gasteiger partial charge in [0.15, 0.2) is 0 Å². The lowest BCUT2D eigenvalue weighted by Crippen LogP contribution is -2.50. The zero-order chi connectivity index (χ0) is 18.8. The molecule has 0 radical (unpaired) electrons. The van der Waals surface area contributed by atoms with Crippen LogP contribution in [0.4, 0.5) is 0 Å². The van der Waals surface area contributed by atoms with Crippen molar-refractivity contribution in [2.75, 3.05) is 0 Å². The van der Waals surface area contributed by atoms with E-state index in [2.05, 4.69) is 4.72 Å². The van der Waals surface area contributed by atoms with Crippen LogP contribution < -0.4 is 4.72 Å². The van der Waals surface area contributed by atoms with Crippen LogP contribution in [0.5, 0.6) is 0 Å². The molecule has 2 N–H and O–H groups in total. The van der Waals surface area contributed by atoms with Gasteiger partial charge < -0.3 is 9.84 Å². The highest BCUT2D eigenvalue weighted by molar-refractivity contribution is 7.89. The predicted molar refractivity (Wildman–Crippen MR) is 90.7 cm³/mol. The fraction of sp³-hybridized carbons (Fsp3) is 0.529. The topological polar surface area (TPSA) is 110 Å². The van der Waals surface area contributed by atoms with Crippen molar-refractivity contribution >= 4 is 22.0 Å². The molecule has 1 aromatic carbocycles. The minimum absolute atomic E-state index is 0.118. The van der Waals surface area contributed by atoms with Crippen LogP contribution in [0.25, 0.3) is 0 Å². The SMILES string of the molecule is CC(C)(C)OC(=O)C(NS(=O)(=O)c1cccc(C(=O)O)c1)C1CCC1. The summed E-state index contributed by atoms with van der Waals surface area (Å²) in [7, 11) is -4.05. The summed E-state index contributed by atoms with van der Waals surface area (Å²) in [6.07, 6.45) is 2.41. The fourth-order valence-corrected chi connectivity index (χ4v) is 3.81. The molecular weight excluding hydrogens is 346 g/mol. The molecule has 1 atom stereocenters. The number of carboxylic acids is 1. The number of benzene rings is 1. The van der Waals surface area contributed by atoms with Crippen molar-refractivity contribution in [3.05, 3.63) is 29.8 Å². The molecule has 1 unspecified atom stereocenters. The van der Waals surface area contributed by atoms with E-state index in [1.807, 2.05) is 0 Å². The highest BCUT2D eigenvalue weighted by atomic mass is 32.2. The number of esters is 1. The van der Waals surface area contributed by atoms with E-state index in [9.17, 15) is 18.0 Å². The van der Waals surface area contributed by atoms with E-state index >= 15 is 0 Å². The molecule has 25 heavy (non-hydrogen) atoms. The Balaban J connectivity index is 2.26. The fourth-order valence-electron chi connectivity index (χ4n) is 2.51. The summed E-state index contributed by atoms with van der Waals surface area (Å²) < 4.78 is 33.0. The lowest BCUT2D eigenvalue weighted by molar-refractivity contribution is -0.159. The molecule has 0 aromatic heterocycles. The zero-order valence-electron chi connectivity index (χ0n) is 14.5. The van der Waals surface area contributed by atoms with Gasteiger partial charge in [0.25, 0.3) is 0 Å². The second-order valence-electron chi connectivity index (χ2n) is 7.16. The van der Waals surface area contributed by atoms with Gasteiger partial charge in [-0.15, -0.1) is 0 Å². The van der Waals surface area contributed by atoms with Gasteiger partial charge in [-0.2, -0.15) is 4.72 Å². The summed E-state index contributed by atoms with van der Waals surface area (Å²) in [4.78, 5) is 23.3. The number of nitrogens with one attached hydrogen (secondary N) is 1. The summed E-state index contributed by atoms with van der Waals surface area (Å²) in [5, 5.41) is 9.02. The summed E-state index contributed by atoms with van der Waals surface area (Å²) in [6, 6.07) is 4.04. The Morgan fingerprint density at radius 1 is 1.28 bits per heavy atom. The molecule has 1 aliphatic rings. The Bertz CT molecular complexity index is 762. The smallest absolute Gasteiger partial charge is 0.335 e. The highest BCUT2D eigenvalue weighted by Gasteiger charge is 2.38. The highest BCUT2D eigenvalue weighted by Crippen LogP contribution is 2.31. The van der Waals surface area contributed by atoms with E-state index in [1.54, 1.807) is 20.8 Å². The first-order valence-electron chi connectivity index (χ1n) is 8.08. The molecular formula is C17H23NO6S. The molecule has 0 heterocycles. The summed E-state index contributed by atoms with van der Waals surface area (Å²) >= 11 is 0. The quantitative estimate of drug-likeness (QED) is 0.744. The third-order valence-corrected chi connectivity index (χ3v) is 5.39.